The molecule has 0 bridgehead atoms. The van der Waals surface area contributed by atoms with E-state index in [2.05, 4.69) is 0 Å². The van der Waals surface area contributed by atoms with Crippen molar-refractivity contribution in [2.75, 3.05) is 5.73 Å². The Labute approximate surface area is 89.2 Å². The molecule has 0 heterocycles. The van der Waals surface area contributed by atoms with Gasteiger partial charge in [-0.15, -0.1) is 0 Å². The van der Waals surface area contributed by atoms with Gasteiger partial charge in [-0.25, -0.2) is 4.79 Å². The summed E-state index contributed by atoms with van der Waals surface area (Å²) in [5, 5.41) is 8.53. The van der Waals surface area contributed by atoms with E-state index in [1.807, 2.05) is 0 Å². The van der Waals surface area contributed by atoms with Gasteiger partial charge in [0.15, 0.2) is 0 Å². The lowest BCUT2D eigenvalue weighted by Gasteiger charge is -2.03. The van der Waals surface area contributed by atoms with Crippen LogP contribution in [0.5, 0.6) is 0 Å². The van der Waals surface area contributed by atoms with Crippen LogP contribution in [-0.2, 0) is 4.79 Å². The molecule has 0 fully saturated rings. The van der Waals surface area contributed by atoms with Crippen molar-refractivity contribution in [3.8, 4) is 0 Å². The molecular weight excluding hydrogens is 229 g/mol. The minimum atomic E-state index is -1.57. The van der Waals surface area contributed by atoms with Crippen LogP contribution in [0.2, 0.25) is 10.0 Å². The molecular formula is C8H5Cl2NO3. The molecule has 0 radical (unpaired) electrons. The summed E-state index contributed by atoms with van der Waals surface area (Å²) in [7, 11) is 0. The lowest BCUT2D eigenvalue weighted by atomic mass is 10.1. The highest BCUT2D eigenvalue weighted by atomic mass is 35.5. The molecule has 74 valence electrons. The number of nitrogen functional groups attached to an aromatic ring is 1. The van der Waals surface area contributed by atoms with E-state index >= 15 is 0 Å². The van der Waals surface area contributed by atoms with Crippen LogP contribution in [-0.4, -0.2) is 16.9 Å². The minimum absolute atomic E-state index is 0.0575. The van der Waals surface area contributed by atoms with Crippen molar-refractivity contribution in [1.29, 1.82) is 0 Å². The molecule has 1 aromatic carbocycles. The lowest BCUT2D eigenvalue weighted by Crippen LogP contribution is -2.12. The van der Waals surface area contributed by atoms with Gasteiger partial charge in [0.05, 0.1) is 15.7 Å². The van der Waals surface area contributed by atoms with Gasteiger partial charge in [-0.05, 0) is 12.1 Å². The molecule has 0 spiro atoms. The van der Waals surface area contributed by atoms with Crippen molar-refractivity contribution in [3.63, 3.8) is 0 Å². The summed E-state index contributed by atoms with van der Waals surface area (Å²) >= 11 is 11.2. The second-order valence-electron chi connectivity index (χ2n) is 2.49. The van der Waals surface area contributed by atoms with E-state index in [1.165, 1.54) is 12.1 Å². The van der Waals surface area contributed by atoms with Crippen LogP contribution in [0.25, 0.3) is 0 Å². The minimum Gasteiger partial charge on any atom is -0.475 e. The Hall–Kier alpha value is -1.26. The van der Waals surface area contributed by atoms with E-state index in [-0.39, 0.29) is 21.3 Å². The van der Waals surface area contributed by atoms with Gasteiger partial charge in [0, 0.05) is 5.56 Å². The number of carboxylic acid groups (broad SMARTS) is 1. The normalized spacial score (nSPS) is 9.86. The Balaban J connectivity index is 3.26. The Morgan fingerprint density at radius 1 is 1.21 bits per heavy atom. The van der Waals surface area contributed by atoms with E-state index < -0.39 is 11.8 Å². The molecule has 1 aromatic rings. The number of nitrogens with two attached hydrogens (primary N) is 1. The number of Topliss-reactive ketones (excluding diaryl/α,β-unsaturated/α-hetero) is 1. The van der Waals surface area contributed by atoms with Crippen molar-refractivity contribution in [2.45, 2.75) is 0 Å². The third-order valence-electron chi connectivity index (χ3n) is 1.54. The number of carbonyl (C=O) groups excluding carboxylic acids is 1. The van der Waals surface area contributed by atoms with Crippen molar-refractivity contribution >= 4 is 40.6 Å². The van der Waals surface area contributed by atoms with Gasteiger partial charge in [0.2, 0.25) is 0 Å². The number of carbonyl (C=O) groups is 2. The largest absolute Gasteiger partial charge is 0.475 e. The first-order chi connectivity index (χ1) is 6.43. The molecule has 3 N–H and O–H groups in total. The third kappa shape index (κ3) is 1.97. The van der Waals surface area contributed by atoms with Crippen LogP contribution >= 0.6 is 23.2 Å². The second kappa shape index (κ2) is 3.86. The van der Waals surface area contributed by atoms with Gasteiger partial charge in [-0.2, -0.15) is 0 Å². The van der Waals surface area contributed by atoms with Gasteiger partial charge in [-0.1, -0.05) is 23.2 Å². The lowest BCUT2D eigenvalue weighted by molar-refractivity contribution is -0.131. The number of ketones is 1. The fourth-order valence-corrected chi connectivity index (χ4v) is 1.33. The van der Waals surface area contributed by atoms with Crippen molar-refractivity contribution in [1.82, 2.24) is 0 Å². The Bertz CT molecular complexity index is 394. The topological polar surface area (TPSA) is 80.4 Å². The molecule has 1 rings (SSSR count). The molecule has 0 unspecified atom stereocenters. The summed E-state index contributed by atoms with van der Waals surface area (Å²) < 4.78 is 0. The molecule has 0 aromatic heterocycles. The molecule has 0 saturated heterocycles. The van der Waals surface area contributed by atoms with E-state index in [0.29, 0.717) is 0 Å². The number of aliphatic carboxylic acids is 1. The summed E-state index contributed by atoms with van der Waals surface area (Å²) in [5.74, 6) is -2.64. The van der Waals surface area contributed by atoms with Crippen LogP contribution < -0.4 is 5.73 Å². The van der Waals surface area contributed by atoms with E-state index in [0.717, 1.165) is 0 Å². The zero-order valence-corrected chi connectivity index (χ0v) is 8.26. The number of benzene rings is 1. The first-order valence-corrected chi connectivity index (χ1v) is 4.21. The van der Waals surface area contributed by atoms with E-state index in [1.54, 1.807) is 0 Å². The highest BCUT2D eigenvalue weighted by molar-refractivity contribution is 6.43. The summed E-state index contributed by atoms with van der Waals surface area (Å²) in [5.41, 5.74) is 5.43. The maximum absolute atomic E-state index is 11.0. The summed E-state index contributed by atoms with van der Waals surface area (Å²) in [4.78, 5) is 21.3. The van der Waals surface area contributed by atoms with Crippen molar-refractivity contribution in [3.05, 3.63) is 27.7 Å². The molecule has 14 heavy (non-hydrogen) atoms. The quantitative estimate of drug-likeness (QED) is 0.464. The average molecular weight is 234 g/mol. The highest BCUT2D eigenvalue weighted by Crippen LogP contribution is 2.28. The Kier molecular flexibility index (Phi) is 2.98. The number of halogens is 2. The fourth-order valence-electron chi connectivity index (χ4n) is 0.839. The predicted molar refractivity (Wildman–Crippen MR) is 52.8 cm³/mol. The Morgan fingerprint density at radius 3 is 2.00 bits per heavy atom. The number of carboxylic acids is 1. The summed E-state index contributed by atoms with van der Waals surface area (Å²) in [6.45, 7) is 0. The first kappa shape index (κ1) is 10.8. The van der Waals surface area contributed by atoms with Crippen LogP contribution in [0.15, 0.2) is 12.1 Å². The molecule has 0 saturated carbocycles. The van der Waals surface area contributed by atoms with Gasteiger partial charge in [0.25, 0.3) is 5.78 Å². The molecule has 0 aliphatic heterocycles. The molecule has 0 aliphatic rings. The highest BCUT2D eigenvalue weighted by Gasteiger charge is 2.17. The number of hydrogen-bond acceptors (Lipinski definition) is 3. The van der Waals surface area contributed by atoms with Crippen LogP contribution in [0.1, 0.15) is 10.4 Å². The van der Waals surface area contributed by atoms with Gasteiger partial charge in [0.1, 0.15) is 0 Å². The molecule has 6 heteroatoms. The van der Waals surface area contributed by atoms with Crippen LogP contribution in [0.4, 0.5) is 5.69 Å². The van der Waals surface area contributed by atoms with Crippen LogP contribution in [0, 0.1) is 0 Å². The maximum atomic E-state index is 11.0. The third-order valence-corrected chi connectivity index (χ3v) is 2.16. The number of anilines is 1. The van der Waals surface area contributed by atoms with E-state index in [9.17, 15) is 9.59 Å². The van der Waals surface area contributed by atoms with Gasteiger partial charge >= 0.3 is 5.97 Å². The van der Waals surface area contributed by atoms with Crippen LogP contribution in [0.3, 0.4) is 0 Å². The average Bonchev–Trinajstić information content (AvgIpc) is 2.12. The fraction of sp³-hybridized carbons (Fsp3) is 0. The smallest absolute Gasteiger partial charge is 0.377 e. The Morgan fingerprint density at radius 2 is 1.64 bits per heavy atom. The number of hydrogen-bond donors (Lipinski definition) is 2. The zero-order valence-electron chi connectivity index (χ0n) is 6.75. The van der Waals surface area contributed by atoms with Gasteiger partial charge in [-0.3, -0.25) is 4.79 Å². The van der Waals surface area contributed by atoms with Crippen molar-refractivity contribution in [2.24, 2.45) is 0 Å². The zero-order chi connectivity index (χ0) is 10.9. The predicted octanol–water partition coefficient (Wildman–Crippen LogP) is 1.84. The van der Waals surface area contributed by atoms with Crippen molar-refractivity contribution < 1.29 is 14.7 Å². The summed E-state index contributed by atoms with van der Waals surface area (Å²) in [6, 6.07) is 2.33. The number of rotatable bonds is 2. The second-order valence-corrected chi connectivity index (χ2v) is 3.30. The van der Waals surface area contributed by atoms with E-state index in [4.69, 9.17) is 34.0 Å². The van der Waals surface area contributed by atoms with Gasteiger partial charge < -0.3 is 10.8 Å². The standard InChI is InChI=1S/C8H5Cl2NO3/c9-4-1-3(7(12)8(13)14)2-5(10)6(4)11/h1-2H,11H2,(H,13,14). The SMILES string of the molecule is Nc1c(Cl)cc(C(=O)C(=O)O)cc1Cl. The molecule has 0 aliphatic carbocycles. The maximum Gasteiger partial charge on any atom is 0.377 e. The molecule has 0 amide bonds. The summed E-state index contributed by atoms with van der Waals surface area (Å²) in [6.07, 6.45) is 0. The molecule has 0 atom stereocenters. The monoisotopic (exact) mass is 233 g/mol. The first-order valence-electron chi connectivity index (χ1n) is 3.45. The molecule has 4 nitrogen and oxygen atoms in total.